The fraction of sp³-hybridized carbons (Fsp3) is 0.267. The third kappa shape index (κ3) is 4.97. The predicted molar refractivity (Wildman–Crippen MR) is 93.1 cm³/mol. The van der Waals surface area contributed by atoms with Gasteiger partial charge in [-0.15, -0.1) is 0 Å². The molecule has 0 aliphatic rings. The summed E-state index contributed by atoms with van der Waals surface area (Å²) in [5.74, 6) is 0.719. The first-order chi connectivity index (χ1) is 11.0. The van der Waals surface area contributed by atoms with E-state index in [1.54, 1.807) is 19.1 Å². The van der Waals surface area contributed by atoms with E-state index < -0.39 is 0 Å². The lowest BCUT2D eigenvalue weighted by molar-refractivity contribution is 0.318. The van der Waals surface area contributed by atoms with E-state index in [9.17, 15) is 4.79 Å². The molecule has 0 amide bonds. The van der Waals surface area contributed by atoms with E-state index in [0.717, 1.165) is 6.42 Å². The molecule has 0 saturated heterocycles. The molecule has 0 spiro atoms. The second-order valence-electron chi connectivity index (χ2n) is 4.77. The molecule has 0 fully saturated rings. The summed E-state index contributed by atoms with van der Waals surface area (Å²) in [6.07, 6.45) is 2.38. The molecule has 0 unspecified atom stereocenters. The number of aromatic amines is 1. The van der Waals surface area contributed by atoms with E-state index in [4.69, 9.17) is 27.9 Å². The monoisotopic (exact) mass is 354 g/mol. The van der Waals surface area contributed by atoms with Gasteiger partial charge in [0.15, 0.2) is 5.75 Å². The van der Waals surface area contributed by atoms with Crippen LogP contribution in [0.1, 0.15) is 24.6 Å². The number of ether oxygens (including phenoxy) is 1. The Hall–Kier alpha value is -2.05. The summed E-state index contributed by atoms with van der Waals surface area (Å²) in [5.41, 5.74) is 3.68. The molecule has 8 heteroatoms. The van der Waals surface area contributed by atoms with Gasteiger partial charge in [0.05, 0.1) is 22.9 Å². The van der Waals surface area contributed by atoms with Crippen LogP contribution in [0, 0.1) is 6.92 Å². The van der Waals surface area contributed by atoms with Crippen LogP contribution >= 0.6 is 23.2 Å². The van der Waals surface area contributed by atoms with Crippen molar-refractivity contribution in [1.29, 1.82) is 0 Å². The summed E-state index contributed by atoms with van der Waals surface area (Å²) in [4.78, 5) is 17.9. The number of H-pyrrole nitrogens is 1. The van der Waals surface area contributed by atoms with E-state index in [-0.39, 0.29) is 11.5 Å². The number of nitrogens with zero attached hydrogens (tertiary/aromatic N) is 2. The second kappa shape index (κ2) is 7.99. The summed E-state index contributed by atoms with van der Waals surface area (Å²) in [6, 6.07) is 4.77. The molecule has 0 saturated carbocycles. The van der Waals surface area contributed by atoms with Crippen molar-refractivity contribution in [3.63, 3.8) is 0 Å². The minimum Gasteiger partial charge on any atom is -0.490 e. The van der Waals surface area contributed by atoms with Crippen LogP contribution in [0.15, 0.2) is 28.1 Å². The maximum atomic E-state index is 11.3. The van der Waals surface area contributed by atoms with Crippen LogP contribution in [-0.2, 0) is 0 Å². The summed E-state index contributed by atoms with van der Waals surface area (Å²) >= 11 is 12.3. The summed E-state index contributed by atoms with van der Waals surface area (Å²) in [7, 11) is 0. The number of nitrogens with one attached hydrogen (secondary N) is 2. The Labute approximate surface area is 143 Å². The number of halogens is 2. The Morgan fingerprint density at radius 1 is 1.35 bits per heavy atom. The number of aromatic nitrogens is 2. The Morgan fingerprint density at radius 3 is 2.65 bits per heavy atom. The quantitative estimate of drug-likeness (QED) is 0.613. The smallest absolute Gasteiger partial charge is 0.252 e. The fourth-order valence-corrected chi connectivity index (χ4v) is 2.41. The number of benzene rings is 1. The van der Waals surface area contributed by atoms with Gasteiger partial charge < -0.3 is 4.74 Å². The van der Waals surface area contributed by atoms with E-state index in [1.165, 1.54) is 12.3 Å². The normalized spacial score (nSPS) is 11.0. The van der Waals surface area contributed by atoms with E-state index in [2.05, 4.69) is 20.5 Å². The zero-order valence-electron chi connectivity index (χ0n) is 12.7. The molecular formula is C15H16Cl2N4O2. The van der Waals surface area contributed by atoms with Gasteiger partial charge in [0.25, 0.3) is 5.56 Å². The first kappa shape index (κ1) is 17.3. The van der Waals surface area contributed by atoms with Crippen molar-refractivity contribution in [3.05, 3.63) is 49.9 Å². The minimum atomic E-state index is -0.251. The van der Waals surface area contributed by atoms with Gasteiger partial charge >= 0.3 is 0 Å². The van der Waals surface area contributed by atoms with E-state index in [0.29, 0.717) is 33.7 Å². The molecule has 1 heterocycles. The van der Waals surface area contributed by atoms with Crippen LogP contribution in [0.4, 0.5) is 5.95 Å². The van der Waals surface area contributed by atoms with Crippen LogP contribution in [0.3, 0.4) is 0 Å². The number of aryl methyl sites for hydroxylation is 1. The van der Waals surface area contributed by atoms with Crippen molar-refractivity contribution in [2.45, 2.75) is 20.3 Å². The topological polar surface area (TPSA) is 79.4 Å². The molecule has 1 aromatic carbocycles. The van der Waals surface area contributed by atoms with Gasteiger partial charge in [0, 0.05) is 11.8 Å². The molecular weight excluding hydrogens is 339 g/mol. The third-order valence-electron chi connectivity index (χ3n) is 2.72. The van der Waals surface area contributed by atoms with Crippen molar-refractivity contribution in [1.82, 2.24) is 9.97 Å². The second-order valence-corrected chi connectivity index (χ2v) is 5.58. The lowest BCUT2D eigenvalue weighted by Crippen LogP contribution is -2.10. The highest BCUT2D eigenvalue weighted by atomic mass is 35.5. The molecule has 0 aliphatic heterocycles. The molecule has 6 nitrogen and oxygen atoms in total. The Morgan fingerprint density at radius 2 is 2.04 bits per heavy atom. The van der Waals surface area contributed by atoms with Crippen molar-refractivity contribution < 1.29 is 4.74 Å². The molecule has 1 aromatic heterocycles. The highest BCUT2D eigenvalue weighted by molar-refractivity contribution is 6.37. The van der Waals surface area contributed by atoms with Gasteiger partial charge in [-0.2, -0.15) is 5.10 Å². The van der Waals surface area contributed by atoms with Gasteiger partial charge in [0.2, 0.25) is 5.95 Å². The van der Waals surface area contributed by atoms with Gasteiger partial charge in [0.1, 0.15) is 0 Å². The van der Waals surface area contributed by atoms with Gasteiger partial charge in [-0.25, -0.2) is 10.4 Å². The van der Waals surface area contributed by atoms with Crippen molar-refractivity contribution in [2.75, 3.05) is 12.0 Å². The first-order valence-corrected chi connectivity index (χ1v) is 7.74. The van der Waals surface area contributed by atoms with E-state index in [1.807, 2.05) is 6.92 Å². The molecule has 2 aromatic rings. The molecule has 0 atom stereocenters. The SMILES string of the molecule is CCCOc1c(Cl)cc(/C=N\Nc2nc(C)cc(=O)[nH]2)cc1Cl. The van der Waals surface area contributed by atoms with Gasteiger partial charge in [-0.1, -0.05) is 30.1 Å². The number of hydrogen-bond acceptors (Lipinski definition) is 5. The number of anilines is 1. The Kier molecular flexibility index (Phi) is 6.01. The standard InChI is InChI=1S/C15H16Cl2N4O2/c1-3-4-23-14-11(16)6-10(7-12(14)17)8-18-21-15-19-9(2)5-13(22)20-15/h5-8H,3-4H2,1-2H3,(H2,19,20,21,22)/b18-8-. The minimum absolute atomic E-state index is 0.251. The summed E-state index contributed by atoms with van der Waals surface area (Å²) in [6.45, 7) is 4.26. The van der Waals surface area contributed by atoms with Crippen molar-refractivity contribution >= 4 is 35.4 Å². The molecule has 0 bridgehead atoms. The van der Waals surface area contributed by atoms with Crippen LogP contribution in [-0.4, -0.2) is 22.8 Å². The van der Waals surface area contributed by atoms with Crippen molar-refractivity contribution in [3.8, 4) is 5.75 Å². The van der Waals surface area contributed by atoms with Crippen molar-refractivity contribution in [2.24, 2.45) is 5.10 Å². The number of rotatable bonds is 6. The molecule has 2 N–H and O–H groups in total. The molecule has 23 heavy (non-hydrogen) atoms. The average Bonchev–Trinajstić information content (AvgIpc) is 2.45. The van der Waals surface area contributed by atoms with Gasteiger partial charge in [-0.05, 0) is 31.0 Å². The lowest BCUT2D eigenvalue weighted by atomic mass is 10.2. The fourth-order valence-electron chi connectivity index (χ4n) is 1.80. The van der Waals surface area contributed by atoms with Gasteiger partial charge in [-0.3, -0.25) is 9.78 Å². The Balaban J connectivity index is 2.12. The van der Waals surface area contributed by atoms with Crippen LogP contribution in [0.25, 0.3) is 0 Å². The lowest BCUT2D eigenvalue weighted by Gasteiger charge is -2.09. The number of hydrogen-bond donors (Lipinski definition) is 2. The summed E-state index contributed by atoms with van der Waals surface area (Å²) in [5, 5.41) is 4.83. The highest BCUT2D eigenvalue weighted by Crippen LogP contribution is 2.33. The third-order valence-corrected chi connectivity index (χ3v) is 3.29. The molecule has 122 valence electrons. The molecule has 2 rings (SSSR count). The largest absolute Gasteiger partial charge is 0.490 e. The van der Waals surface area contributed by atoms with E-state index >= 15 is 0 Å². The van der Waals surface area contributed by atoms with Crippen LogP contribution in [0.5, 0.6) is 5.75 Å². The molecule has 0 radical (unpaired) electrons. The maximum absolute atomic E-state index is 11.3. The number of hydrazone groups is 1. The average molecular weight is 355 g/mol. The maximum Gasteiger partial charge on any atom is 0.252 e. The zero-order valence-corrected chi connectivity index (χ0v) is 14.2. The first-order valence-electron chi connectivity index (χ1n) is 6.98. The predicted octanol–water partition coefficient (Wildman–Crippen LogP) is 3.62. The Bertz CT molecular complexity index is 751. The summed E-state index contributed by atoms with van der Waals surface area (Å²) < 4.78 is 5.50. The zero-order chi connectivity index (χ0) is 16.8. The highest BCUT2D eigenvalue weighted by Gasteiger charge is 2.08. The molecule has 0 aliphatic carbocycles. The van der Waals surface area contributed by atoms with Crippen LogP contribution < -0.4 is 15.7 Å². The van der Waals surface area contributed by atoms with Crippen LogP contribution in [0.2, 0.25) is 10.0 Å².